The molecule has 1 aliphatic heterocycles. The van der Waals surface area contributed by atoms with Gasteiger partial charge in [-0.15, -0.1) is 0 Å². The molecule has 0 unspecified atom stereocenters. The fourth-order valence-corrected chi connectivity index (χ4v) is 1.98. The summed E-state index contributed by atoms with van der Waals surface area (Å²) in [4.78, 5) is 11.1. The van der Waals surface area contributed by atoms with Gasteiger partial charge in [0.2, 0.25) is 0 Å². The normalized spacial score (nSPS) is 15.2. The second-order valence-electron chi connectivity index (χ2n) is 4.41. The minimum Gasteiger partial charge on any atom is -0.382 e. The van der Waals surface area contributed by atoms with Crippen LogP contribution < -0.4 is 4.90 Å². The highest BCUT2D eigenvalue weighted by Crippen LogP contribution is 2.31. The van der Waals surface area contributed by atoms with Crippen molar-refractivity contribution < 1.29 is 23.2 Å². The van der Waals surface area contributed by atoms with Gasteiger partial charge in [-0.1, -0.05) is 0 Å². The third-order valence-electron chi connectivity index (χ3n) is 3.02. The van der Waals surface area contributed by atoms with Gasteiger partial charge in [0.15, 0.2) is 11.6 Å². The molecule has 1 heterocycles. The maximum Gasteiger partial charge on any atom is 0.275 e. The van der Waals surface area contributed by atoms with Crippen LogP contribution in [0.3, 0.4) is 0 Å². The summed E-state index contributed by atoms with van der Waals surface area (Å²) in [6, 6.07) is 1.44. The zero-order valence-corrected chi connectivity index (χ0v) is 10.8. The molecule has 1 aromatic rings. The van der Waals surface area contributed by atoms with Crippen molar-refractivity contribution in [2.24, 2.45) is 0 Å². The van der Waals surface area contributed by atoms with Crippen LogP contribution in [-0.2, 0) is 9.47 Å². The van der Waals surface area contributed by atoms with Gasteiger partial charge in [-0.25, -0.2) is 8.78 Å². The Balaban J connectivity index is 2.00. The molecule has 20 heavy (non-hydrogen) atoms. The van der Waals surface area contributed by atoms with Crippen LogP contribution in [0.15, 0.2) is 12.1 Å². The van der Waals surface area contributed by atoms with E-state index in [1.54, 1.807) is 7.11 Å². The molecule has 0 N–H and O–H groups in total. The quantitative estimate of drug-likeness (QED) is 0.453. The van der Waals surface area contributed by atoms with Crippen LogP contribution in [0, 0.1) is 21.7 Å². The molecule has 0 amide bonds. The van der Waals surface area contributed by atoms with Crippen molar-refractivity contribution in [1.29, 1.82) is 0 Å². The second kappa shape index (κ2) is 6.10. The standard InChI is InChI=1S/C12H14F2N2O4/c1-19-2-3-20-9-6-15(7-9)12-10(13)4-8(16(17)18)5-11(12)14/h4-5,9H,2-3,6-7H2,1H3. The van der Waals surface area contributed by atoms with Crippen LogP contribution in [0.2, 0.25) is 0 Å². The molecule has 1 fully saturated rings. The van der Waals surface area contributed by atoms with Crippen LogP contribution in [0.25, 0.3) is 0 Å². The Kier molecular flexibility index (Phi) is 4.46. The van der Waals surface area contributed by atoms with E-state index in [0.717, 1.165) is 12.1 Å². The molecular weight excluding hydrogens is 274 g/mol. The summed E-state index contributed by atoms with van der Waals surface area (Å²) < 4.78 is 37.7. The number of rotatable bonds is 6. The summed E-state index contributed by atoms with van der Waals surface area (Å²) in [6.45, 7) is 1.56. The number of benzene rings is 1. The molecule has 1 aromatic carbocycles. The Hall–Kier alpha value is -1.80. The van der Waals surface area contributed by atoms with Crippen molar-refractivity contribution in [3.8, 4) is 0 Å². The lowest BCUT2D eigenvalue weighted by atomic mass is 10.1. The molecule has 8 heteroatoms. The van der Waals surface area contributed by atoms with E-state index >= 15 is 0 Å². The number of anilines is 1. The van der Waals surface area contributed by atoms with Crippen molar-refractivity contribution in [1.82, 2.24) is 0 Å². The van der Waals surface area contributed by atoms with Gasteiger partial charge >= 0.3 is 0 Å². The topological polar surface area (TPSA) is 64.8 Å². The molecule has 0 radical (unpaired) electrons. The number of non-ortho nitro benzene ring substituents is 1. The molecule has 0 spiro atoms. The number of ether oxygens (including phenoxy) is 2. The minimum absolute atomic E-state index is 0.112. The molecule has 0 aliphatic carbocycles. The summed E-state index contributed by atoms with van der Waals surface area (Å²) in [5.74, 6) is -1.88. The Morgan fingerprint density at radius 3 is 2.45 bits per heavy atom. The van der Waals surface area contributed by atoms with Crippen LogP contribution in [0.5, 0.6) is 0 Å². The van der Waals surface area contributed by atoms with Gasteiger partial charge in [-0.3, -0.25) is 10.1 Å². The van der Waals surface area contributed by atoms with Gasteiger partial charge in [0.1, 0.15) is 5.69 Å². The predicted octanol–water partition coefficient (Wildman–Crippen LogP) is 1.72. The molecule has 110 valence electrons. The highest BCUT2D eigenvalue weighted by atomic mass is 19.1. The van der Waals surface area contributed by atoms with Crippen molar-refractivity contribution in [2.45, 2.75) is 6.10 Å². The molecule has 0 saturated carbocycles. The fraction of sp³-hybridized carbons (Fsp3) is 0.500. The van der Waals surface area contributed by atoms with Gasteiger partial charge in [0, 0.05) is 20.2 Å². The van der Waals surface area contributed by atoms with Crippen LogP contribution in [0.1, 0.15) is 0 Å². The van der Waals surface area contributed by atoms with Crippen molar-refractivity contribution in [3.05, 3.63) is 33.9 Å². The first kappa shape index (κ1) is 14.6. The second-order valence-corrected chi connectivity index (χ2v) is 4.41. The number of nitro groups is 1. The van der Waals surface area contributed by atoms with Gasteiger partial charge < -0.3 is 14.4 Å². The number of nitrogens with zero attached hydrogens (tertiary/aromatic N) is 2. The lowest BCUT2D eigenvalue weighted by molar-refractivity contribution is -0.385. The summed E-state index contributed by atoms with van der Waals surface area (Å²) in [6.07, 6.45) is -0.112. The third kappa shape index (κ3) is 3.02. The first-order valence-electron chi connectivity index (χ1n) is 6.02. The first-order chi connectivity index (χ1) is 9.52. The molecule has 1 aliphatic rings. The lowest BCUT2D eigenvalue weighted by Gasteiger charge is -2.40. The monoisotopic (exact) mass is 288 g/mol. The van der Waals surface area contributed by atoms with E-state index < -0.39 is 22.2 Å². The summed E-state index contributed by atoms with van der Waals surface area (Å²) in [7, 11) is 1.55. The molecule has 6 nitrogen and oxygen atoms in total. The van der Waals surface area contributed by atoms with E-state index in [0.29, 0.717) is 26.3 Å². The molecule has 1 saturated heterocycles. The largest absolute Gasteiger partial charge is 0.382 e. The molecule has 0 bridgehead atoms. The van der Waals surface area contributed by atoms with Gasteiger partial charge in [0.25, 0.3) is 5.69 Å². The lowest BCUT2D eigenvalue weighted by Crippen LogP contribution is -2.53. The average Bonchev–Trinajstić information content (AvgIpc) is 2.33. The smallest absolute Gasteiger partial charge is 0.275 e. The maximum atomic E-state index is 13.7. The molecule has 0 aromatic heterocycles. The molecule has 0 atom stereocenters. The van der Waals surface area contributed by atoms with Gasteiger partial charge in [0.05, 0.1) is 36.4 Å². The van der Waals surface area contributed by atoms with E-state index in [4.69, 9.17) is 9.47 Å². The third-order valence-corrected chi connectivity index (χ3v) is 3.02. The minimum atomic E-state index is -0.938. The summed E-state index contributed by atoms with van der Waals surface area (Å²) in [5.41, 5.74) is -0.848. The number of hydrogen-bond acceptors (Lipinski definition) is 5. The van der Waals surface area contributed by atoms with Crippen molar-refractivity contribution in [2.75, 3.05) is 38.3 Å². The van der Waals surface area contributed by atoms with Crippen LogP contribution in [-0.4, -0.2) is 44.4 Å². The van der Waals surface area contributed by atoms with Crippen molar-refractivity contribution in [3.63, 3.8) is 0 Å². The highest BCUT2D eigenvalue weighted by molar-refractivity contribution is 5.55. The number of halogens is 2. The van der Waals surface area contributed by atoms with E-state index in [2.05, 4.69) is 0 Å². The maximum absolute atomic E-state index is 13.7. The van der Waals surface area contributed by atoms with E-state index in [1.165, 1.54) is 4.90 Å². The zero-order chi connectivity index (χ0) is 14.7. The first-order valence-corrected chi connectivity index (χ1v) is 6.02. The van der Waals surface area contributed by atoms with Gasteiger partial charge in [-0.05, 0) is 0 Å². The Bertz CT molecular complexity index is 483. The average molecular weight is 288 g/mol. The molecule has 2 rings (SSSR count). The van der Waals surface area contributed by atoms with E-state index in [1.807, 2.05) is 0 Å². The number of methoxy groups -OCH3 is 1. The zero-order valence-electron chi connectivity index (χ0n) is 10.8. The fourth-order valence-electron chi connectivity index (χ4n) is 1.98. The van der Waals surface area contributed by atoms with E-state index in [-0.39, 0.29) is 11.8 Å². The van der Waals surface area contributed by atoms with Crippen LogP contribution in [0.4, 0.5) is 20.2 Å². The van der Waals surface area contributed by atoms with Crippen molar-refractivity contribution >= 4 is 11.4 Å². The summed E-state index contributed by atoms with van der Waals surface area (Å²) >= 11 is 0. The Labute approximate surface area is 114 Å². The number of nitro benzene ring substituents is 1. The van der Waals surface area contributed by atoms with Crippen LogP contribution >= 0.6 is 0 Å². The van der Waals surface area contributed by atoms with Gasteiger partial charge in [-0.2, -0.15) is 0 Å². The Morgan fingerprint density at radius 1 is 1.35 bits per heavy atom. The molecular formula is C12H14F2N2O4. The summed E-state index contributed by atoms with van der Waals surface area (Å²) in [5, 5.41) is 10.5. The predicted molar refractivity (Wildman–Crippen MR) is 66.8 cm³/mol. The van der Waals surface area contributed by atoms with E-state index in [9.17, 15) is 18.9 Å². The number of hydrogen-bond donors (Lipinski definition) is 0. The SMILES string of the molecule is COCCOC1CN(c2c(F)cc([N+](=O)[O-])cc2F)C1. The highest BCUT2D eigenvalue weighted by Gasteiger charge is 2.32. The Morgan fingerprint density at radius 2 is 1.95 bits per heavy atom.